The summed E-state index contributed by atoms with van der Waals surface area (Å²) >= 11 is 12.3. The lowest BCUT2D eigenvalue weighted by atomic mass is 10.0. The average molecular weight is 414 g/mol. The number of pyridine rings is 1. The number of halogens is 2. The molecule has 2 heterocycles. The van der Waals surface area contributed by atoms with Gasteiger partial charge >= 0.3 is 0 Å². The number of fused-ring (bicyclic) bond motifs is 1. The zero-order chi connectivity index (χ0) is 20.0. The van der Waals surface area contributed by atoms with Crippen LogP contribution < -0.4 is 16.6 Å². The number of aromatic nitrogens is 3. The van der Waals surface area contributed by atoms with Crippen LogP contribution in [0, 0.1) is 0 Å². The molecule has 0 bridgehead atoms. The van der Waals surface area contributed by atoms with Crippen molar-refractivity contribution in [2.45, 2.75) is 0 Å². The smallest absolute Gasteiger partial charge is 0.261 e. The average Bonchev–Trinajstić information content (AvgIpc) is 3.04. The van der Waals surface area contributed by atoms with E-state index in [0.717, 1.165) is 16.8 Å². The number of nitrogen functional groups attached to an aromatic ring is 1. The Labute approximate surface area is 171 Å². The largest absolute Gasteiger partial charge is 0.399 e. The second-order valence-electron chi connectivity index (χ2n) is 6.58. The molecule has 0 radical (unpaired) electrons. The van der Waals surface area contributed by atoms with Gasteiger partial charge in [-0.3, -0.25) is 9.48 Å². The van der Waals surface area contributed by atoms with Gasteiger partial charge in [-0.05, 0) is 36.4 Å². The lowest BCUT2D eigenvalue weighted by molar-refractivity contribution is 0.780. The molecule has 0 fully saturated rings. The Kier molecular flexibility index (Phi) is 4.53. The number of nitrogens with zero attached hydrogens (tertiary/aromatic N) is 3. The van der Waals surface area contributed by atoms with E-state index in [0.29, 0.717) is 32.3 Å². The Morgan fingerprint density at radius 1 is 1.00 bits per heavy atom. The van der Waals surface area contributed by atoms with E-state index in [-0.39, 0.29) is 5.56 Å². The monoisotopic (exact) mass is 413 g/mol. The zero-order valence-corrected chi connectivity index (χ0v) is 16.7. The number of nitrogens with one attached hydrogen (secondary N) is 1. The third-order valence-electron chi connectivity index (χ3n) is 4.49. The summed E-state index contributed by atoms with van der Waals surface area (Å²) in [4.78, 5) is 12.5. The molecule has 0 saturated heterocycles. The topological polar surface area (TPSA) is 77.9 Å². The molecule has 142 valence electrons. The number of anilines is 3. The van der Waals surface area contributed by atoms with E-state index in [1.165, 1.54) is 0 Å². The fourth-order valence-corrected chi connectivity index (χ4v) is 3.63. The summed E-state index contributed by atoms with van der Waals surface area (Å²) in [6, 6.07) is 10.8. The molecule has 0 aliphatic rings. The maximum absolute atomic E-state index is 12.5. The minimum Gasteiger partial charge on any atom is -0.399 e. The van der Waals surface area contributed by atoms with Crippen molar-refractivity contribution in [1.82, 2.24) is 14.3 Å². The summed E-state index contributed by atoms with van der Waals surface area (Å²) in [5.41, 5.74) is 10.3. The predicted octanol–water partition coefficient (Wildman–Crippen LogP) is 4.57. The van der Waals surface area contributed by atoms with Gasteiger partial charge in [-0.25, -0.2) is 0 Å². The molecule has 8 heteroatoms. The second-order valence-corrected chi connectivity index (χ2v) is 7.42. The number of hydrogen-bond donors (Lipinski definition) is 2. The van der Waals surface area contributed by atoms with Crippen LogP contribution in [-0.2, 0) is 14.1 Å². The van der Waals surface area contributed by atoms with E-state index in [1.54, 1.807) is 53.9 Å². The third-order valence-corrected chi connectivity index (χ3v) is 5.04. The van der Waals surface area contributed by atoms with E-state index in [9.17, 15) is 4.79 Å². The van der Waals surface area contributed by atoms with Gasteiger partial charge in [0.05, 0.1) is 16.1 Å². The first-order chi connectivity index (χ1) is 13.3. The van der Waals surface area contributed by atoms with Crippen LogP contribution in [0.2, 0.25) is 10.0 Å². The number of benzene rings is 2. The fraction of sp³-hybridized carbons (Fsp3) is 0.100. The normalized spacial score (nSPS) is 11.1. The van der Waals surface area contributed by atoms with Gasteiger partial charge in [-0.1, -0.05) is 23.2 Å². The number of nitrogens with two attached hydrogens (primary N) is 1. The van der Waals surface area contributed by atoms with Gasteiger partial charge < -0.3 is 15.6 Å². The summed E-state index contributed by atoms with van der Waals surface area (Å²) in [6.45, 7) is 0. The second kappa shape index (κ2) is 6.89. The van der Waals surface area contributed by atoms with Crippen LogP contribution in [-0.4, -0.2) is 14.3 Å². The standard InChI is InChI=1S/C20H17Cl2N5O/c1-26-9-14(19-15(20(26)28)10-27(2)25-19)13-8-12(23)4-6-17(13)24-18-5-3-11(21)7-16(18)22/h3-10,24H,23H2,1-2H3. The van der Waals surface area contributed by atoms with Gasteiger partial charge in [-0.2, -0.15) is 5.10 Å². The van der Waals surface area contributed by atoms with Crippen LogP contribution in [0.5, 0.6) is 0 Å². The molecule has 4 aromatic rings. The van der Waals surface area contributed by atoms with E-state index in [4.69, 9.17) is 28.9 Å². The van der Waals surface area contributed by atoms with Gasteiger partial charge in [0.2, 0.25) is 0 Å². The maximum atomic E-state index is 12.5. The van der Waals surface area contributed by atoms with Crippen molar-refractivity contribution in [3.63, 3.8) is 0 Å². The predicted molar refractivity (Wildman–Crippen MR) is 116 cm³/mol. The Morgan fingerprint density at radius 2 is 1.75 bits per heavy atom. The van der Waals surface area contributed by atoms with Crippen molar-refractivity contribution >= 4 is 51.2 Å². The lowest BCUT2D eigenvalue weighted by Crippen LogP contribution is -2.16. The highest BCUT2D eigenvalue weighted by Crippen LogP contribution is 2.37. The van der Waals surface area contributed by atoms with E-state index >= 15 is 0 Å². The molecule has 0 aliphatic carbocycles. The Hall–Kier alpha value is -2.96. The Balaban J connectivity index is 1.94. The lowest BCUT2D eigenvalue weighted by Gasteiger charge is -2.15. The van der Waals surface area contributed by atoms with E-state index in [2.05, 4.69) is 10.4 Å². The number of aryl methyl sites for hydroxylation is 2. The summed E-state index contributed by atoms with van der Waals surface area (Å²) in [7, 11) is 3.50. The third kappa shape index (κ3) is 3.21. The molecule has 4 rings (SSSR count). The van der Waals surface area contributed by atoms with Crippen LogP contribution in [0.1, 0.15) is 0 Å². The summed E-state index contributed by atoms with van der Waals surface area (Å²) in [5, 5.41) is 9.42. The maximum Gasteiger partial charge on any atom is 0.261 e. The molecule has 0 aliphatic heterocycles. The Bertz CT molecular complexity index is 1280. The van der Waals surface area contributed by atoms with Crippen LogP contribution in [0.3, 0.4) is 0 Å². The minimum absolute atomic E-state index is 0.106. The highest BCUT2D eigenvalue weighted by Gasteiger charge is 2.16. The molecule has 0 atom stereocenters. The van der Waals surface area contributed by atoms with Crippen LogP contribution >= 0.6 is 23.2 Å². The van der Waals surface area contributed by atoms with Crippen LogP contribution in [0.25, 0.3) is 22.0 Å². The van der Waals surface area contributed by atoms with E-state index < -0.39 is 0 Å². The highest BCUT2D eigenvalue weighted by molar-refractivity contribution is 6.36. The van der Waals surface area contributed by atoms with Crippen molar-refractivity contribution in [3.05, 3.63) is 69.2 Å². The molecule has 0 unspecified atom stereocenters. The van der Waals surface area contributed by atoms with E-state index in [1.807, 2.05) is 18.2 Å². The summed E-state index contributed by atoms with van der Waals surface area (Å²) in [5.74, 6) is 0. The first-order valence-electron chi connectivity index (χ1n) is 8.48. The molecule has 0 saturated carbocycles. The van der Waals surface area contributed by atoms with Gasteiger partial charge in [0.25, 0.3) is 5.56 Å². The molecular weight excluding hydrogens is 397 g/mol. The van der Waals surface area contributed by atoms with Crippen LogP contribution in [0.4, 0.5) is 17.1 Å². The van der Waals surface area contributed by atoms with Gasteiger partial charge in [0.1, 0.15) is 5.52 Å². The van der Waals surface area contributed by atoms with Gasteiger partial charge in [0.15, 0.2) is 0 Å². The summed E-state index contributed by atoms with van der Waals surface area (Å²) in [6.07, 6.45) is 3.48. The van der Waals surface area contributed by atoms with Gasteiger partial charge in [-0.15, -0.1) is 0 Å². The molecule has 3 N–H and O–H groups in total. The molecule has 2 aromatic heterocycles. The quantitative estimate of drug-likeness (QED) is 0.482. The molecule has 0 amide bonds. The highest BCUT2D eigenvalue weighted by atomic mass is 35.5. The molecule has 0 spiro atoms. The first kappa shape index (κ1) is 18.4. The number of hydrogen-bond acceptors (Lipinski definition) is 4. The summed E-state index contributed by atoms with van der Waals surface area (Å²) < 4.78 is 3.17. The molecule has 6 nitrogen and oxygen atoms in total. The fourth-order valence-electron chi connectivity index (χ4n) is 3.17. The SMILES string of the molecule is Cn1cc2c(=O)n(C)cc(-c3cc(N)ccc3Nc3ccc(Cl)cc3Cl)c2n1. The molecule has 28 heavy (non-hydrogen) atoms. The van der Waals surface area contributed by atoms with Crippen molar-refractivity contribution in [1.29, 1.82) is 0 Å². The first-order valence-corrected chi connectivity index (χ1v) is 9.24. The van der Waals surface area contributed by atoms with Crippen molar-refractivity contribution in [2.24, 2.45) is 14.1 Å². The number of rotatable bonds is 3. The minimum atomic E-state index is -0.106. The zero-order valence-electron chi connectivity index (χ0n) is 15.2. The molecular formula is C20H17Cl2N5O. The van der Waals surface area contributed by atoms with Crippen LogP contribution in [0.15, 0.2) is 53.6 Å². The van der Waals surface area contributed by atoms with Crippen molar-refractivity contribution < 1.29 is 0 Å². The van der Waals surface area contributed by atoms with Gasteiger partial charge in [0, 0.05) is 54.0 Å². The van der Waals surface area contributed by atoms with Crippen molar-refractivity contribution in [2.75, 3.05) is 11.1 Å². The van der Waals surface area contributed by atoms with Crippen molar-refractivity contribution in [3.8, 4) is 11.1 Å². The molecule has 2 aromatic carbocycles. The Morgan fingerprint density at radius 3 is 2.50 bits per heavy atom.